The van der Waals surface area contributed by atoms with Gasteiger partial charge in [-0.2, -0.15) is 5.10 Å². The van der Waals surface area contributed by atoms with Crippen LogP contribution in [0.25, 0.3) is 11.1 Å². The minimum atomic E-state index is -0.745. The van der Waals surface area contributed by atoms with Crippen LogP contribution in [0.4, 0.5) is 10.1 Å². The zero-order valence-corrected chi connectivity index (χ0v) is 14.8. The number of phenols is 1. The van der Waals surface area contributed by atoms with E-state index in [0.29, 0.717) is 24.2 Å². The fraction of sp³-hybridized carbons (Fsp3) is 0.150. The topological polar surface area (TPSA) is 98.3 Å². The molecule has 8 heteroatoms. The third-order valence-electron chi connectivity index (χ3n) is 4.74. The quantitative estimate of drug-likeness (QED) is 0.595. The molecule has 0 radical (unpaired) electrons. The number of nitrogens with zero attached hydrogens (tertiary/aromatic N) is 2. The van der Waals surface area contributed by atoms with Gasteiger partial charge in [-0.25, -0.2) is 4.39 Å². The molecule has 3 aromatic rings. The van der Waals surface area contributed by atoms with Crippen LogP contribution >= 0.6 is 0 Å². The number of nitrogens with one attached hydrogen (secondary N) is 2. The summed E-state index contributed by atoms with van der Waals surface area (Å²) in [4.78, 5) is 26.2. The first kappa shape index (κ1) is 17.7. The lowest BCUT2D eigenvalue weighted by Gasteiger charge is -2.28. The van der Waals surface area contributed by atoms with E-state index in [0.717, 1.165) is 16.7 Å². The maximum absolute atomic E-state index is 13.5. The Hall–Kier alpha value is -3.68. The van der Waals surface area contributed by atoms with Crippen LogP contribution in [-0.2, 0) is 22.6 Å². The van der Waals surface area contributed by atoms with Crippen LogP contribution in [0.2, 0.25) is 0 Å². The third-order valence-corrected chi connectivity index (χ3v) is 4.74. The molecule has 1 aliphatic heterocycles. The number of aromatic amines is 1. The van der Waals surface area contributed by atoms with Crippen LogP contribution in [-0.4, -0.2) is 38.6 Å². The monoisotopic (exact) mass is 380 g/mol. The van der Waals surface area contributed by atoms with Gasteiger partial charge in [0.25, 0.3) is 0 Å². The molecule has 2 heterocycles. The normalized spacial score (nSPS) is 13.1. The van der Waals surface area contributed by atoms with Crippen molar-refractivity contribution in [2.24, 2.45) is 0 Å². The number of fused-ring (bicyclic) bond motifs is 1. The van der Waals surface area contributed by atoms with Crippen molar-refractivity contribution in [3.63, 3.8) is 0 Å². The van der Waals surface area contributed by atoms with Crippen LogP contribution < -0.4 is 5.32 Å². The second kappa shape index (κ2) is 7.15. The number of hydrogen-bond donors (Lipinski definition) is 3. The largest absolute Gasteiger partial charge is 0.505 e. The summed E-state index contributed by atoms with van der Waals surface area (Å²) in [5, 5.41) is 18.7. The number of carbonyl (C=O) groups excluding carboxylic acids is 2. The Kier molecular flexibility index (Phi) is 4.52. The van der Waals surface area contributed by atoms with Crippen molar-refractivity contribution in [2.45, 2.75) is 13.0 Å². The number of aromatic hydroxyl groups is 1. The lowest BCUT2D eigenvalue weighted by Crippen LogP contribution is -2.42. The van der Waals surface area contributed by atoms with E-state index in [1.54, 1.807) is 24.5 Å². The van der Waals surface area contributed by atoms with Crippen molar-refractivity contribution in [3.05, 3.63) is 65.7 Å². The van der Waals surface area contributed by atoms with Crippen molar-refractivity contribution < 1.29 is 19.1 Å². The smallest absolute Gasteiger partial charge is 0.313 e. The maximum atomic E-state index is 13.5. The molecule has 1 aliphatic rings. The minimum Gasteiger partial charge on any atom is -0.505 e. The van der Waals surface area contributed by atoms with Gasteiger partial charge >= 0.3 is 11.8 Å². The van der Waals surface area contributed by atoms with Gasteiger partial charge in [0, 0.05) is 30.5 Å². The van der Waals surface area contributed by atoms with E-state index in [9.17, 15) is 19.1 Å². The van der Waals surface area contributed by atoms with Crippen molar-refractivity contribution >= 4 is 17.5 Å². The molecular formula is C20H17FN4O3. The number of benzene rings is 2. The average Bonchev–Trinajstić information content (AvgIpc) is 3.23. The van der Waals surface area contributed by atoms with Crippen molar-refractivity contribution in [1.29, 1.82) is 0 Å². The number of rotatable bonds is 2. The fourth-order valence-corrected chi connectivity index (χ4v) is 3.22. The third kappa shape index (κ3) is 3.44. The number of hydrogen-bond acceptors (Lipinski definition) is 4. The molecule has 0 unspecified atom stereocenters. The van der Waals surface area contributed by atoms with Gasteiger partial charge in [-0.3, -0.25) is 14.7 Å². The van der Waals surface area contributed by atoms with Gasteiger partial charge in [-0.05, 0) is 47.4 Å². The lowest BCUT2D eigenvalue weighted by atomic mass is 9.99. The summed E-state index contributed by atoms with van der Waals surface area (Å²) >= 11 is 0. The Bertz CT molecular complexity index is 1030. The standard InChI is InChI=1S/C20H17FN4O3/c21-17-7-13-5-6-25(11-14(13)8-18(17)26)20(28)19(27)24-16-3-1-12(2-4-16)15-9-22-23-10-15/h1-4,7-10,26H,5-6,11H2,(H,22,23)(H,24,27). The van der Waals surface area contributed by atoms with Crippen molar-refractivity contribution in [1.82, 2.24) is 15.1 Å². The number of aromatic nitrogens is 2. The SMILES string of the molecule is O=C(Nc1ccc(-c2cn[nH]c2)cc1)C(=O)N1CCc2cc(F)c(O)cc2C1. The molecule has 0 spiro atoms. The van der Waals surface area contributed by atoms with Crippen molar-refractivity contribution in [3.8, 4) is 16.9 Å². The highest BCUT2D eigenvalue weighted by Gasteiger charge is 2.26. The number of phenolic OH excluding ortho intramolecular Hbond substituents is 1. The Balaban J connectivity index is 1.42. The van der Waals surface area contributed by atoms with Crippen LogP contribution in [0.3, 0.4) is 0 Å². The summed E-state index contributed by atoms with van der Waals surface area (Å²) in [7, 11) is 0. The summed E-state index contributed by atoms with van der Waals surface area (Å²) < 4.78 is 13.5. The molecule has 0 atom stereocenters. The van der Waals surface area contributed by atoms with Crippen LogP contribution in [0.1, 0.15) is 11.1 Å². The number of halogens is 1. The molecule has 0 saturated carbocycles. The summed E-state index contributed by atoms with van der Waals surface area (Å²) in [6, 6.07) is 9.63. The number of anilines is 1. The molecule has 1 aromatic heterocycles. The van der Waals surface area contributed by atoms with E-state index in [4.69, 9.17) is 0 Å². The zero-order valence-electron chi connectivity index (χ0n) is 14.8. The maximum Gasteiger partial charge on any atom is 0.313 e. The highest BCUT2D eigenvalue weighted by Crippen LogP contribution is 2.26. The predicted molar refractivity (Wildman–Crippen MR) is 99.8 cm³/mol. The highest BCUT2D eigenvalue weighted by molar-refractivity contribution is 6.39. The van der Waals surface area contributed by atoms with Crippen LogP contribution in [0.5, 0.6) is 5.75 Å². The summed E-state index contributed by atoms with van der Waals surface area (Å²) in [6.07, 6.45) is 3.87. The molecule has 0 saturated heterocycles. The predicted octanol–water partition coefficient (Wildman–Crippen LogP) is 2.44. The molecule has 0 bridgehead atoms. The van der Waals surface area contributed by atoms with Gasteiger partial charge < -0.3 is 15.3 Å². The molecule has 142 valence electrons. The highest BCUT2D eigenvalue weighted by atomic mass is 19.1. The molecule has 4 rings (SSSR count). The van der Waals surface area contributed by atoms with Gasteiger partial charge in [0.05, 0.1) is 6.20 Å². The first-order valence-corrected chi connectivity index (χ1v) is 8.71. The Morgan fingerprint density at radius 1 is 1.14 bits per heavy atom. The summed E-state index contributed by atoms with van der Waals surface area (Å²) in [5.74, 6) is -2.57. The van der Waals surface area contributed by atoms with E-state index >= 15 is 0 Å². The zero-order chi connectivity index (χ0) is 19.7. The lowest BCUT2D eigenvalue weighted by molar-refractivity contribution is -0.143. The summed E-state index contributed by atoms with van der Waals surface area (Å²) in [5.41, 5.74) is 3.71. The van der Waals surface area contributed by atoms with E-state index in [2.05, 4.69) is 15.5 Å². The molecular weight excluding hydrogens is 363 g/mol. The molecule has 0 aliphatic carbocycles. The van der Waals surface area contributed by atoms with E-state index < -0.39 is 23.4 Å². The van der Waals surface area contributed by atoms with E-state index in [1.165, 1.54) is 17.0 Å². The van der Waals surface area contributed by atoms with Crippen molar-refractivity contribution in [2.75, 3.05) is 11.9 Å². The van der Waals surface area contributed by atoms with E-state index in [-0.39, 0.29) is 6.54 Å². The van der Waals surface area contributed by atoms with Gasteiger partial charge in [-0.1, -0.05) is 12.1 Å². The van der Waals surface area contributed by atoms with Crippen LogP contribution in [0, 0.1) is 5.82 Å². The number of H-pyrrole nitrogens is 1. The van der Waals surface area contributed by atoms with Gasteiger partial charge in [0.15, 0.2) is 11.6 Å². The average molecular weight is 380 g/mol. The fourth-order valence-electron chi connectivity index (χ4n) is 3.22. The molecule has 2 aromatic carbocycles. The second-order valence-corrected chi connectivity index (χ2v) is 6.57. The number of amides is 2. The Morgan fingerprint density at radius 3 is 2.64 bits per heavy atom. The van der Waals surface area contributed by atoms with Crippen LogP contribution in [0.15, 0.2) is 48.8 Å². The van der Waals surface area contributed by atoms with Gasteiger partial charge in [0.2, 0.25) is 0 Å². The molecule has 28 heavy (non-hydrogen) atoms. The first-order chi connectivity index (χ1) is 13.5. The molecule has 7 nitrogen and oxygen atoms in total. The van der Waals surface area contributed by atoms with Gasteiger partial charge in [-0.15, -0.1) is 0 Å². The minimum absolute atomic E-state index is 0.148. The Labute approximate surface area is 159 Å². The van der Waals surface area contributed by atoms with E-state index in [1.807, 2.05) is 12.1 Å². The summed E-state index contributed by atoms with van der Waals surface area (Å²) in [6.45, 7) is 0.456. The van der Waals surface area contributed by atoms with Gasteiger partial charge in [0.1, 0.15) is 0 Å². The second-order valence-electron chi connectivity index (χ2n) is 6.57. The molecule has 3 N–H and O–H groups in total. The molecule has 2 amide bonds. The Morgan fingerprint density at radius 2 is 1.93 bits per heavy atom. The molecule has 0 fully saturated rings. The first-order valence-electron chi connectivity index (χ1n) is 8.71. The number of carbonyl (C=O) groups is 2.